The summed E-state index contributed by atoms with van der Waals surface area (Å²) in [7, 11) is 0. The molecule has 0 atom stereocenters. The Morgan fingerprint density at radius 1 is 0.765 bits per heavy atom. The average Bonchev–Trinajstić information content (AvgIpc) is 2.30. The van der Waals surface area contributed by atoms with Gasteiger partial charge in [0, 0.05) is 5.54 Å². The van der Waals surface area contributed by atoms with E-state index in [1.165, 1.54) is 64.2 Å². The first kappa shape index (κ1) is 13.4. The van der Waals surface area contributed by atoms with Crippen molar-refractivity contribution in [2.75, 3.05) is 0 Å². The van der Waals surface area contributed by atoms with E-state index in [-0.39, 0.29) is 5.54 Å². The molecule has 2 N–H and O–H groups in total. The van der Waals surface area contributed by atoms with E-state index < -0.39 is 0 Å². The van der Waals surface area contributed by atoms with E-state index in [9.17, 15) is 0 Å². The van der Waals surface area contributed by atoms with Crippen molar-refractivity contribution >= 4 is 0 Å². The monoisotopic (exact) mass is 237 g/mol. The molecule has 0 unspecified atom stereocenters. The maximum Gasteiger partial charge on any atom is 0.0131 e. The van der Waals surface area contributed by atoms with Gasteiger partial charge in [-0.15, -0.1) is 0 Å². The highest BCUT2D eigenvalue weighted by molar-refractivity contribution is 4.93. The van der Waals surface area contributed by atoms with Crippen LogP contribution in [-0.2, 0) is 0 Å². The highest BCUT2D eigenvalue weighted by Crippen LogP contribution is 2.44. The molecule has 17 heavy (non-hydrogen) atoms. The van der Waals surface area contributed by atoms with Gasteiger partial charge in [-0.05, 0) is 31.6 Å². The lowest BCUT2D eigenvalue weighted by molar-refractivity contribution is 0.0835. The van der Waals surface area contributed by atoms with Crippen LogP contribution in [0.15, 0.2) is 0 Å². The summed E-state index contributed by atoms with van der Waals surface area (Å²) in [5.41, 5.74) is 6.57. The van der Waals surface area contributed by atoms with Gasteiger partial charge in [0.05, 0.1) is 0 Å². The number of hydrogen-bond donors (Lipinski definition) is 1. The van der Waals surface area contributed by atoms with E-state index in [0.717, 1.165) is 17.8 Å². The number of rotatable bonds is 3. The van der Waals surface area contributed by atoms with Gasteiger partial charge in [-0.3, -0.25) is 0 Å². The molecule has 0 radical (unpaired) electrons. The molecular weight excluding hydrogens is 206 g/mol. The second kappa shape index (κ2) is 5.73. The molecule has 2 rings (SSSR count). The van der Waals surface area contributed by atoms with E-state index in [4.69, 9.17) is 5.73 Å². The Bertz CT molecular complexity index is 198. The molecule has 100 valence electrons. The van der Waals surface area contributed by atoms with Gasteiger partial charge in [-0.25, -0.2) is 0 Å². The van der Waals surface area contributed by atoms with E-state index in [2.05, 4.69) is 13.8 Å². The SMILES string of the molecule is CC(C)(N)C(C1CCCCC1)C1CCCCC1. The molecule has 0 bridgehead atoms. The fourth-order valence-corrected chi connectivity index (χ4v) is 4.59. The summed E-state index contributed by atoms with van der Waals surface area (Å²) in [6, 6.07) is 0. The van der Waals surface area contributed by atoms with Crippen LogP contribution in [0, 0.1) is 17.8 Å². The van der Waals surface area contributed by atoms with Gasteiger partial charge in [-0.2, -0.15) is 0 Å². The molecule has 0 aromatic heterocycles. The predicted molar refractivity (Wildman–Crippen MR) is 74.9 cm³/mol. The molecule has 0 saturated heterocycles. The second-order valence-electron chi connectivity index (χ2n) is 7.14. The van der Waals surface area contributed by atoms with E-state index in [0.29, 0.717) is 0 Å². The minimum Gasteiger partial charge on any atom is -0.325 e. The maximum atomic E-state index is 6.54. The highest BCUT2D eigenvalue weighted by atomic mass is 14.7. The number of hydrogen-bond acceptors (Lipinski definition) is 1. The molecule has 1 heteroatoms. The largest absolute Gasteiger partial charge is 0.325 e. The molecule has 0 amide bonds. The first-order valence-corrected chi connectivity index (χ1v) is 7.88. The minimum absolute atomic E-state index is 0.0318. The van der Waals surface area contributed by atoms with E-state index in [1.54, 1.807) is 0 Å². The third-order valence-corrected chi connectivity index (χ3v) is 5.17. The molecule has 0 aromatic carbocycles. The fraction of sp³-hybridized carbons (Fsp3) is 1.00. The third kappa shape index (κ3) is 3.47. The van der Waals surface area contributed by atoms with Crippen molar-refractivity contribution in [3.63, 3.8) is 0 Å². The van der Waals surface area contributed by atoms with E-state index in [1.807, 2.05) is 0 Å². The zero-order valence-electron chi connectivity index (χ0n) is 11.9. The van der Waals surface area contributed by atoms with Crippen molar-refractivity contribution < 1.29 is 0 Å². The van der Waals surface area contributed by atoms with Crippen LogP contribution in [0.25, 0.3) is 0 Å². The standard InChI is InChI=1S/C16H31N/c1-16(2,17)15(13-9-5-3-6-10-13)14-11-7-4-8-12-14/h13-15H,3-12,17H2,1-2H3. The van der Waals surface area contributed by atoms with Gasteiger partial charge in [-0.1, -0.05) is 64.2 Å². The molecular formula is C16H31N. The Kier molecular flexibility index (Phi) is 4.52. The van der Waals surface area contributed by atoms with Crippen LogP contribution in [0.4, 0.5) is 0 Å². The van der Waals surface area contributed by atoms with Crippen molar-refractivity contribution in [3.05, 3.63) is 0 Å². The fourth-order valence-electron chi connectivity index (χ4n) is 4.59. The normalized spacial score (nSPS) is 25.4. The molecule has 2 aliphatic rings. The Labute approximate surface area is 108 Å². The second-order valence-corrected chi connectivity index (χ2v) is 7.14. The molecule has 0 spiro atoms. The summed E-state index contributed by atoms with van der Waals surface area (Å²) in [5, 5.41) is 0. The lowest BCUT2D eigenvalue weighted by atomic mass is 9.63. The first-order chi connectivity index (χ1) is 8.09. The van der Waals surface area contributed by atoms with Crippen LogP contribution in [0.5, 0.6) is 0 Å². The lowest BCUT2D eigenvalue weighted by Crippen LogP contribution is -2.49. The Hall–Kier alpha value is -0.0400. The van der Waals surface area contributed by atoms with Crippen LogP contribution < -0.4 is 5.73 Å². The quantitative estimate of drug-likeness (QED) is 0.768. The summed E-state index contributed by atoms with van der Waals surface area (Å²) >= 11 is 0. The number of nitrogens with two attached hydrogens (primary N) is 1. The molecule has 2 fully saturated rings. The average molecular weight is 237 g/mol. The van der Waals surface area contributed by atoms with Crippen LogP contribution >= 0.6 is 0 Å². The Morgan fingerprint density at radius 3 is 1.41 bits per heavy atom. The first-order valence-electron chi connectivity index (χ1n) is 7.88. The maximum absolute atomic E-state index is 6.54. The van der Waals surface area contributed by atoms with Gasteiger partial charge >= 0.3 is 0 Å². The van der Waals surface area contributed by atoms with Crippen molar-refractivity contribution in [2.24, 2.45) is 23.5 Å². The smallest absolute Gasteiger partial charge is 0.0131 e. The molecule has 0 aliphatic heterocycles. The van der Waals surface area contributed by atoms with Gasteiger partial charge in [0.2, 0.25) is 0 Å². The summed E-state index contributed by atoms with van der Waals surface area (Å²) in [5.74, 6) is 2.63. The van der Waals surface area contributed by atoms with E-state index >= 15 is 0 Å². The van der Waals surface area contributed by atoms with Crippen LogP contribution in [0.1, 0.15) is 78.1 Å². The lowest BCUT2D eigenvalue weighted by Gasteiger charge is -2.45. The van der Waals surface area contributed by atoms with Crippen LogP contribution in [0.3, 0.4) is 0 Å². The van der Waals surface area contributed by atoms with Gasteiger partial charge in [0.15, 0.2) is 0 Å². The summed E-state index contributed by atoms with van der Waals surface area (Å²) in [4.78, 5) is 0. The van der Waals surface area contributed by atoms with Crippen molar-refractivity contribution in [1.29, 1.82) is 0 Å². The molecule has 1 nitrogen and oxygen atoms in total. The molecule has 2 aliphatic carbocycles. The predicted octanol–water partition coefficient (Wildman–Crippen LogP) is 4.50. The minimum atomic E-state index is 0.0318. The molecule has 0 heterocycles. The summed E-state index contributed by atoms with van der Waals surface area (Å²) in [6.45, 7) is 4.56. The van der Waals surface area contributed by atoms with Crippen molar-refractivity contribution in [2.45, 2.75) is 83.6 Å². The molecule has 0 aromatic rings. The summed E-state index contributed by atoms with van der Waals surface area (Å²) < 4.78 is 0. The Balaban J connectivity index is 2.06. The van der Waals surface area contributed by atoms with Gasteiger partial charge in [0.25, 0.3) is 0 Å². The third-order valence-electron chi connectivity index (χ3n) is 5.17. The van der Waals surface area contributed by atoms with Crippen molar-refractivity contribution in [1.82, 2.24) is 0 Å². The van der Waals surface area contributed by atoms with Crippen molar-refractivity contribution in [3.8, 4) is 0 Å². The van der Waals surface area contributed by atoms with Crippen LogP contribution in [0.2, 0.25) is 0 Å². The topological polar surface area (TPSA) is 26.0 Å². The van der Waals surface area contributed by atoms with Gasteiger partial charge < -0.3 is 5.73 Å². The highest BCUT2D eigenvalue weighted by Gasteiger charge is 2.39. The molecule has 2 saturated carbocycles. The van der Waals surface area contributed by atoms with Crippen LogP contribution in [-0.4, -0.2) is 5.54 Å². The Morgan fingerprint density at radius 2 is 1.12 bits per heavy atom. The zero-order valence-corrected chi connectivity index (χ0v) is 11.9. The zero-order chi connectivity index (χ0) is 12.3. The summed E-state index contributed by atoms with van der Waals surface area (Å²) in [6.07, 6.45) is 14.5. The van der Waals surface area contributed by atoms with Gasteiger partial charge in [0.1, 0.15) is 0 Å².